The molecule has 0 fully saturated rings. The van der Waals surface area contributed by atoms with Crippen LogP contribution in [0.1, 0.15) is 57.7 Å². The Bertz CT molecular complexity index is 1340. The maximum absolute atomic E-state index is 12.6. The molecular formula is C26H32N2O7. The largest absolute Gasteiger partial charge is 0.480 e. The fourth-order valence-electron chi connectivity index (χ4n) is 4.00. The molecule has 2 amide bonds. The lowest BCUT2D eigenvalue weighted by Gasteiger charge is -2.20. The summed E-state index contributed by atoms with van der Waals surface area (Å²) in [6.07, 6.45) is 2.00. The van der Waals surface area contributed by atoms with Gasteiger partial charge in [-0.1, -0.05) is 41.0 Å². The van der Waals surface area contributed by atoms with Crippen LogP contribution in [0.25, 0.3) is 21.9 Å². The van der Waals surface area contributed by atoms with Gasteiger partial charge < -0.3 is 24.6 Å². The number of rotatable bonds is 8. The van der Waals surface area contributed by atoms with Crippen molar-refractivity contribution < 1.29 is 28.3 Å². The normalized spacial score (nSPS) is 13.5. The van der Waals surface area contributed by atoms with Gasteiger partial charge in [0.25, 0.3) is 0 Å². The molecule has 1 aromatic carbocycles. The molecular weight excluding hydrogens is 452 g/mol. The number of hydrogen-bond acceptors (Lipinski definition) is 6. The Morgan fingerprint density at radius 1 is 1.09 bits per heavy atom. The Kier molecular flexibility index (Phi) is 7.38. The third kappa shape index (κ3) is 5.55. The summed E-state index contributed by atoms with van der Waals surface area (Å²) < 4.78 is 11.2. The van der Waals surface area contributed by atoms with Crippen molar-refractivity contribution in [2.45, 2.75) is 65.8 Å². The van der Waals surface area contributed by atoms with Gasteiger partial charge in [-0.15, -0.1) is 0 Å². The lowest BCUT2D eigenvalue weighted by Crippen LogP contribution is -2.48. The predicted molar refractivity (Wildman–Crippen MR) is 131 cm³/mol. The molecule has 0 unspecified atom stereocenters. The van der Waals surface area contributed by atoms with Gasteiger partial charge in [0.1, 0.15) is 17.2 Å². The van der Waals surface area contributed by atoms with E-state index in [4.69, 9.17) is 8.83 Å². The molecule has 0 radical (unpaired) electrons. The molecule has 9 nitrogen and oxygen atoms in total. The highest BCUT2D eigenvalue weighted by Crippen LogP contribution is 2.35. The summed E-state index contributed by atoms with van der Waals surface area (Å²) in [6.45, 7) is 11.1. The lowest BCUT2D eigenvalue weighted by molar-refractivity contribution is -0.143. The van der Waals surface area contributed by atoms with Gasteiger partial charge >= 0.3 is 11.6 Å². The number of carbonyl (C=O) groups is 3. The summed E-state index contributed by atoms with van der Waals surface area (Å²) in [5, 5.41) is 15.8. The van der Waals surface area contributed by atoms with Gasteiger partial charge in [0.15, 0.2) is 0 Å². The summed E-state index contributed by atoms with van der Waals surface area (Å²) in [7, 11) is 0. The minimum absolute atomic E-state index is 0.152. The lowest BCUT2D eigenvalue weighted by atomic mass is 9.86. The van der Waals surface area contributed by atoms with Crippen LogP contribution in [0.3, 0.4) is 0 Å². The number of carbonyl (C=O) groups excluding carboxylic acids is 2. The van der Waals surface area contributed by atoms with Gasteiger partial charge in [-0.3, -0.25) is 9.59 Å². The number of nitrogens with one attached hydrogen (secondary N) is 2. The van der Waals surface area contributed by atoms with E-state index in [0.717, 1.165) is 10.9 Å². The summed E-state index contributed by atoms with van der Waals surface area (Å²) in [5.74, 6) is -2.57. The highest BCUT2D eigenvalue weighted by Gasteiger charge is 2.26. The first kappa shape index (κ1) is 26.0. The first-order valence-electron chi connectivity index (χ1n) is 11.6. The average Bonchev–Trinajstić information content (AvgIpc) is 3.20. The number of hydrogen-bond donors (Lipinski definition) is 3. The molecule has 0 aliphatic rings. The van der Waals surface area contributed by atoms with E-state index in [1.807, 2.05) is 13.0 Å². The number of fused-ring (bicyclic) bond motifs is 2. The van der Waals surface area contributed by atoms with E-state index in [1.165, 1.54) is 0 Å². The monoisotopic (exact) mass is 484 g/mol. The molecule has 3 N–H and O–H groups in total. The van der Waals surface area contributed by atoms with Crippen molar-refractivity contribution in [1.82, 2.24) is 10.6 Å². The van der Waals surface area contributed by atoms with E-state index < -0.39 is 36.0 Å². The van der Waals surface area contributed by atoms with Crippen LogP contribution in [0.5, 0.6) is 0 Å². The summed E-state index contributed by atoms with van der Waals surface area (Å²) >= 11 is 0. The van der Waals surface area contributed by atoms with Crippen molar-refractivity contribution in [2.75, 3.05) is 6.54 Å². The number of aliphatic carboxylic acids is 1. The van der Waals surface area contributed by atoms with Crippen LogP contribution in [0.2, 0.25) is 0 Å². The van der Waals surface area contributed by atoms with E-state index in [-0.39, 0.29) is 23.3 Å². The minimum atomic E-state index is -1.13. The van der Waals surface area contributed by atoms with Crippen molar-refractivity contribution in [2.24, 2.45) is 5.92 Å². The first-order chi connectivity index (χ1) is 16.3. The number of benzene rings is 1. The van der Waals surface area contributed by atoms with Crippen molar-refractivity contribution >= 4 is 39.7 Å². The van der Waals surface area contributed by atoms with Crippen molar-refractivity contribution in [3.63, 3.8) is 0 Å². The molecule has 2 aromatic heterocycles. The molecule has 2 atom stereocenters. The van der Waals surface area contributed by atoms with Crippen LogP contribution in [-0.4, -0.2) is 35.5 Å². The summed E-state index contributed by atoms with van der Waals surface area (Å²) in [4.78, 5) is 48.7. The zero-order valence-corrected chi connectivity index (χ0v) is 20.9. The van der Waals surface area contributed by atoms with Crippen LogP contribution in [0.15, 0.2) is 32.0 Å². The minimum Gasteiger partial charge on any atom is -0.480 e. The highest BCUT2D eigenvalue weighted by atomic mass is 16.4. The van der Waals surface area contributed by atoms with E-state index in [2.05, 4.69) is 31.4 Å². The van der Waals surface area contributed by atoms with Crippen LogP contribution in [0.4, 0.5) is 0 Å². The van der Waals surface area contributed by atoms with Crippen molar-refractivity contribution in [3.8, 4) is 0 Å². The SMILES string of the molecule is CC[C@H](C)[C@H](NC(=O)CNC(=O)Cc1c(C)c2cc3c(C(C)(C)C)coc3cc2oc1=O)C(=O)O. The van der Waals surface area contributed by atoms with Crippen LogP contribution in [-0.2, 0) is 26.2 Å². The molecule has 35 heavy (non-hydrogen) atoms. The second-order valence-electron chi connectivity index (χ2n) is 9.96. The zero-order chi connectivity index (χ0) is 26.1. The fraction of sp³-hybridized carbons (Fsp3) is 0.462. The van der Waals surface area contributed by atoms with Gasteiger partial charge in [-0.2, -0.15) is 0 Å². The zero-order valence-electron chi connectivity index (χ0n) is 20.9. The van der Waals surface area contributed by atoms with Gasteiger partial charge in [-0.05, 0) is 29.9 Å². The van der Waals surface area contributed by atoms with E-state index >= 15 is 0 Å². The molecule has 0 saturated heterocycles. The molecule has 0 aliphatic carbocycles. The van der Waals surface area contributed by atoms with Crippen molar-refractivity contribution in [3.05, 3.63) is 45.5 Å². The maximum atomic E-state index is 12.6. The molecule has 0 saturated carbocycles. The second kappa shape index (κ2) is 9.93. The molecule has 3 rings (SSSR count). The molecule has 2 heterocycles. The molecule has 188 valence electrons. The summed E-state index contributed by atoms with van der Waals surface area (Å²) in [6, 6.07) is 2.54. The smallest absolute Gasteiger partial charge is 0.340 e. The highest BCUT2D eigenvalue weighted by molar-refractivity contribution is 5.97. The maximum Gasteiger partial charge on any atom is 0.340 e. The van der Waals surface area contributed by atoms with E-state index in [9.17, 15) is 24.3 Å². The Morgan fingerprint density at radius 3 is 2.37 bits per heavy atom. The van der Waals surface area contributed by atoms with E-state index in [1.54, 1.807) is 26.2 Å². The van der Waals surface area contributed by atoms with Gasteiger partial charge in [-0.25, -0.2) is 9.59 Å². The van der Waals surface area contributed by atoms with E-state index in [0.29, 0.717) is 28.5 Å². The topological polar surface area (TPSA) is 139 Å². The molecule has 9 heteroatoms. The second-order valence-corrected chi connectivity index (χ2v) is 9.96. The van der Waals surface area contributed by atoms with Crippen LogP contribution < -0.4 is 16.3 Å². The number of carboxylic acid groups (broad SMARTS) is 1. The third-order valence-corrected chi connectivity index (χ3v) is 6.37. The fourth-order valence-corrected chi connectivity index (χ4v) is 4.00. The third-order valence-electron chi connectivity index (χ3n) is 6.37. The van der Waals surface area contributed by atoms with Crippen molar-refractivity contribution in [1.29, 1.82) is 0 Å². The Labute approximate surface area is 202 Å². The van der Waals surface area contributed by atoms with Gasteiger partial charge in [0.2, 0.25) is 11.8 Å². The quantitative estimate of drug-likeness (QED) is 0.416. The van der Waals surface area contributed by atoms with Crippen LogP contribution >= 0.6 is 0 Å². The molecule has 0 bridgehead atoms. The first-order valence-corrected chi connectivity index (χ1v) is 11.6. The van der Waals surface area contributed by atoms with Crippen LogP contribution in [0, 0.1) is 12.8 Å². The molecule has 0 aliphatic heterocycles. The summed E-state index contributed by atoms with van der Waals surface area (Å²) in [5.41, 5.74) is 2.00. The number of aryl methyl sites for hydroxylation is 1. The number of amides is 2. The van der Waals surface area contributed by atoms with Gasteiger partial charge in [0, 0.05) is 22.4 Å². The number of carboxylic acids is 1. The molecule has 3 aromatic rings. The average molecular weight is 485 g/mol. The number of furan rings is 1. The van der Waals surface area contributed by atoms with Gasteiger partial charge in [0.05, 0.1) is 24.8 Å². The Balaban J connectivity index is 1.80. The Hall–Kier alpha value is -3.62. The molecule has 0 spiro atoms. The standard InChI is InChI=1S/C26H32N2O7/c1-7-13(2)23(24(31)32)28-22(30)11-27-21(29)9-16-14(3)15-8-17-18(26(4,5)6)12-34-19(17)10-20(15)35-25(16)33/h8,10,12-13,23H,7,9,11H2,1-6H3,(H,27,29)(H,28,30)(H,31,32)/t13-,23-/m0/s1. The predicted octanol–water partition coefficient (Wildman–Crippen LogP) is 3.42. The Morgan fingerprint density at radius 2 is 1.77 bits per heavy atom.